The zero-order chi connectivity index (χ0) is 15.0. The highest BCUT2D eigenvalue weighted by atomic mass is 16.5. The number of carboxylic acid groups (broad SMARTS) is 1. The first-order valence-electron chi connectivity index (χ1n) is 7.09. The van der Waals surface area contributed by atoms with Gasteiger partial charge in [0.25, 0.3) is 0 Å². The lowest BCUT2D eigenvalue weighted by Gasteiger charge is -2.30. The molecule has 112 valence electrons. The molecule has 0 aromatic carbocycles. The zero-order valence-electron chi connectivity index (χ0n) is 11.7. The summed E-state index contributed by atoms with van der Waals surface area (Å²) in [6.07, 6.45) is 5.99. The summed E-state index contributed by atoms with van der Waals surface area (Å²) in [6, 6.07) is 0. The van der Waals surface area contributed by atoms with Crippen LogP contribution in [0.1, 0.15) is 51.4 Å². The molecule has 1 fully saturated rings. The molecular weight excluding hydrogens is 260 g/mol. The average Bonchev–Trinajstić information content (AvgIpc) is 2.46. The van der Waals surface area contributed by atoms with E-state index in [-0.39, 0.29) is 12.4 Å². The van der Waals surface area contributed by atoms with Crippen molar-refractivity contribution in [2.75, 3.05) is 6.61 Å². The lowest BCUT2D eigenvalue weighted by atomic mass is 9.74. The van der Waals surface area contributed by atoms with Crippen LogP contribution in [0.4, 0.5) is 0 Å². The summed E-state index contributed by atoms with van der Waals surface area (Å²) in [5.74, 6) is -1.74. The Balaban J connectivity index is 2.38. The van der Waals surface area contributed by atoms with Crippen LogP contribution in [-0.2, 0) is 19.1 Å². The molecule has 0 spiro atoms. The summed E-state index contributed by atoms with van der Waals surface area (Å²) in [5.41, 5.74) is -1.35. The van der Waals surface area contributed by atoms with Crippen LogP contribution in [-0.4, -0.2) is 29.4 Å². The number of ketones is 1. The fourth-order valence-electron chi connectivity index (χ4n) is 2.47. The summed E-state index contributed by atoms with van der Waals surface area (Å²) in [4.78, 5) is 34.4. The van der Waals surface area contributed by atoms with Crippen molar-refractivity contribution in [3.8, 4) is 0 Å². The number of aliphatic carboxylic acids is 1. The predicted octanol–water partition coefficient (Wildman–Crippen LogP) is 2.49. The van der Waals surface area contributed by atoms with Gasteiger partial charge < -0.3 is 9.84 Å². The Morgan fingerprint density at radius 2 is 1.80 bits per heavy atom. The normalized spacial score (nSPS) is 17.2. The van der Waals surface area contributed by atoms with E-state index in [0.29, 0.717) is 32.1 Å². The van der Waals surface area contributed by atoms with Crippen molar-refractivity contribution in [3.05, 3.63) is 12.7 Å². The number of carboxylic acids is 1. The summed E-state index contributed by atoms with van der Waals surface area (Å²) in [7, 11) is 0. The number of hydrogen-bond donors (Lipinski definition) is 1. The van der Waals surface area contributed by atoms with E-state index < -0.39 is 17.4 Å². The lowest BCUT2D eigenvalue weighted by Crippen LogP contribution is -2.42. The van der Waals surface area contributed by atoms with Crippen molar-refractivity contribution in [1.82, 2.24) is 0 Å². The smallest absolute Gasteiger partial charge is 0.323 e. The molecule has 0 unspecified atom stereocenters. The standard InChI is InChI=1S/C15H22O5/c1-2-12(16)8-4-7-11-20-14(19)15(13(17)18)9-5-3-6-10-15/h2H,1,3-11H2,(H,17,18). The molecule has 0 aromatic rings. The number of carbonyl (C=O) groups is 3. The zero-order valence-corrected chi connectivity index (χ0v) is 11.7. The minimum atomic E-state index is -1.35. The average molecular weight is 282 g/mol. The molecule has 0 atom stereocenters. The maximum atomic E-state index is 12.0. The SMILES string of the molecule is C=CC(=O)CCCCOC(=O)C1(C(=O)O)CCCCC1. The Morgan fingerprint density at radius 1 is 1.15 bits per heavy atom. The van der Waals surface area contributed by atoms with E-state index in [9.17, 15) is 19.5 Å². The Kier molecular flexibility index (Phi) is 6.42. The minimum Gasteiger partial charge on any atom is -0.480 e. The second-order valence-electron chi connectivity index (χ2n) is 5.21. The van der Waals surface area contributed by atoms with Crippen LogP contribution in [0, 0.1) is 5.41 Å². The number of carbonyl (C=O) groups excluding carboxylic acids is 2. The first-order chi connectivity index (χ1) is 9.53. The Hall–Kier alpha value is -1.65. The van der Waals surface area contributed by atoms with Crippen LogP contribution < -0.4 is 0 Å². The molecule has 0 radical (unpaired) electrons. The molecule has 0 saturated heterocycles. The van der Waals surface area contributed by atoms with Crippen LogP contribution in [0.3, 0.4) is 0 Å². The van der Waals surface area contributed by atoms with Crippen LogP contribution in [0.5, 0.6) is 0 Å². The summed E-state index contributed by atoms with van der Waals surface area (Å²) < 4.78 is 5.10. The number of hydrogen-bond acceptors (Lipinski definition) is 4. The van der Waals surface area contributed by atoms with Crippen molar-refractivity contribution in [2.24, 2.45) is 5.41 Å². The van der Waals surface area contributed by atoms with Crippen molar-refractivity contribution >= 4 is 17.7 Å². The van der Waals surface area contributed by atoms with Crippen LogP contribution in [0.2, 0.25) is 0 Å². The number of unbranched alkanes of at least 4 members (excludes halogenated alkanes) is 1. The van der Waals surface area contributed by atoms with Gasteiger partial charge in [0.2, 0.25) is 0 Å². The molecule has 5 nitrogen and oxygen atoms in total. The van der Waals surface area contributed by atoms with Gasteiger partial charge in [0, 0.05) is 6.42 Å². The van der Waals surface area contributed by atoms with Crippen LogP contribution >= 0.6 is 0 Å². The van der Waals surface area contributed by atoms with Crippen molar-refractivity contribution in [3.63, 3.8) is 0 Å². The first-order valence-corrected chi connectivity index (χ1v) is 7.09. The summed E-state index contributed by atoms with van der Waals surface area (Å²) >= 11 is 0. The molecule has 0 amide bonds. The molecule has 0 aromatic heterocycles. The van der Waals surface area contributed by atoms with E-state index in [1.54, 1.807) is 0 Å². The molecule has 1 aliphatic carbocycles. The van der Waals surface area contributed by atoms with Crippen molar-refractivity contribution in [2.45, 2.75) is 51.4 Å². The van der Waals surface area contributed by atoms with Gasteiger partial charge in [-0.25, -0.2) is 0 Å². The number of allylic oxidation sites excluding steroid dienone is 1. The van der Waals surface area contributed by atoms with Gasteiger partial charge in [-0.05, 0) is 31.8 Å². The molecule has 1 N–H and O–H groups in total. The molecule has 0 aliphatic heterocycles. The van der Waals surface area contributed by atoms with Gasteiger partial charge in [-0.15, -0.1) is 0 Å². The Bertz CT molecular complexity index is 380. The van der Waals surface area contributed by atoms with E-state index in [2.05, 4.69) is 6.58 Å². The number of ether oxygens (including phenoxy) is 1. The van der Waals surface area contributed by atoms with Gasteiger partial charge in [-0.1, -0.05) is 25.8 Å². The molecule has 5 heteroatoms. The summed E-state index contributed by atoms with van der Waals surface area (Å²) in [5, 5.41) is 9.31. The van der Waals surface area contributed by atoms with Crippen molar-refractivity contribution < 1.29 is 24.2 Å². The monoisotopic (exact) mass is 282 g/mol. The fraction of sp³-hybridized carbons (Fsp3) is 0.667. The van der Waals surface area contributed by atoms with Crippen LogP contribution in [0.15, 0.2) is 12.7 Å². The lowest BCUT2D eigenvalue weighted by molar-refractivity contribution is -0.171. The molecule has 0 bridgehead atoms. The second-order valence-corrected chi connectivity index (χ2v) is 5.21. The second kappa shape index (κ2) is 7.82. The molecule has 1 rings (SSSR count). The molecule has 0 heterocycles. The van der Waals surface area contributed by atoms with E-state index in [1.165, 1.54) is 6.08 Å². The van der Waals surface area contributed by atoms with E-state index in [0.717, 1.165) is 19.3 Å². The molecule has 1 aliphatic rings. The van der Waals surface area contributed by atoms with Gasteiger partial charge in [0.1, 0.15) is 0 Å². The van der Waals surface area contributed by atoms with Gasteiger partial charge in [0.15, 0.2) is 11.2 Å². The molecule has 1 saturated carbocycles. The number of esters is 1. The maximum Gasteiger partial charge on any atom is 0.323 e. The van der Waals surface area contributed by atoms with Gasteiger partial charge >= 0.3 is 11.9 Å². The Morgan fingerprint density at radius 3 is 2.35 bits per heavy atom. The quantitative estimate of drug-likeness (QED) is 0.320. The van der Waals surface area contributed by atoms with Gasteiger partial charge in [-0.2, -0.15) is 0 Å². The molecular formula is C15H22O5. The third-order valence-electron chi connectivity index (χ3n) is 3.79. The topological polar surface area (TPSA) is 80.7 Å². The highest BCUT2D eigenvalue weighted by Gasteiger charge is 2.48. The first kappa shape index (κ1) is 16.4. The van der Waals surface area contributed by atoms with E-state index in [1.807, 2.05) is 0 Å². The summed E-state index contributed by atoms with van der Waals surface area (Å²) in [6.45, 7) is 3.54. The van der Waals surface area contributed by atoms with E-state index in [4.69, 9.17) is 4.74 Å². The van der Waals surface area contributed by atoms with Gasteiger partial charge in [-0.3, -0.25) is 14.4 Å². The largest absolute Gasteiger partial charge is 0.480 e. The van der Waals surface area contributed by atoms with Crippen LogP contribution in [0.25, 0.3) is 0 Å². The fourth-order valence-corrected chi connectivity index (χ4v) is 2.47. The third kappa shape index (κ3) is 4.18. The molecule has 20 heavy (non-hydrogen) atoms. The van der Waals surface area contributed by atoms with Gasteiger partial charge in [0.05, 0.1) is 6.61 Å². The third-order valence-corrected chi connectivity index (χ3v) is 3.79. The Labute approximate surface area is 119 Å². The maximum absolute atomic E-state index is 12.0. The predicted molar refractivity (Wildman–Crippen MR) is 73.2 cm³/mol. The highest BCUT2D eigenvalue weighted by molar-refractivity contribution is 5.99. The van der Waals surface area contributed by atoms with E-state index >= 15 is 0 Å². The highest BCUT2D eigenvalue weighted by Crippen LogP contribution is 2.37. The number of rotatable bonds is 8. The minimum absolute atomic E-state index is 0.0365. The van der Waals surface area contributed by atoms with Crippen molar-refractivity contribution in [1.29, 1.82) is 0 Å².